The predicted octanol–water partition coefficient (Wildman–Crippen LogP) is 1.38. The van der Waals surface area contributed by atoms with Crippen LogP contribution in [0, 0.1) is 12.8 Å². The van der Waals surface area contributed by atoms with Crippen LogP contribution in [0.3, 0.4) is 0 Å². The zero-order valence-electron chi connectivity index (χ0n) is 12.4. The van der Waals surface area contributed by atoms with Gasteiger partial charge >= 0.3 is 5.97 Å². The minimum absolute atomic E-state index is 0.168. The molecule has 2 rings (SSSR count). The van der Waals surface area contributed by atoms with Gasteiger partial charge in [-0.3, -0.25) is 14.5 Å². The van der Waals surface area contributed by atoms with E-state index in [1.54, 1.807) is 13.0 Å². The highest BCUT2D eigenvalue weighted by molar-refractivity contribution is 5.80. The lowest BCUT2D eigenvalue weighted by Gasteiger charge is -2.18. The molecular formula is C15H19N3O3. The molecule has 0 amide bonds. The number of aliphatic carboxylic acids is 1. The van der Waals surface area contributed by atoms with E-state index in [-0.39, 0.29) is 5.56 Å². The molecule has 6 nitrogen and oxygen atoms in total. The molecule has 1 aromatic carbocycles. The summed E-state index contributed by atoms with van der Waals surface area (Å²) < 4.78 is 0. The second kappa shape index (κ2) is 6.05. The SMILES string of the molecule is Cc1cccc2c(=O)[nH]c(CN(C)CC(C)C(=O)O)nc12. The monoisotopic (exact) mass is 289 g/mol. The number of nitrogens with zero attached hydrogens (tertiary/aromatic N) is 2. The number of aromatic amines is 1. The van der Waals surface area contributed by atoms with Crippen LogP contribution in [0.5, 0.6) is 0 Å². The molecule has 0 saturated carbocycles. The van der Waals surface area contributed by atoms with E-state index in [0.717, 1.165) is 5.56 Å². The van der Waals surface area contributed by atoms with Gasteiger partial charge in [0.05, 0.1) is 23.4 Å². The second-order valence-corrected chi connectivity index (χ2v) is 5.42. The summed E-state index contributed by atoms with van der Waals surface area (Å²) in [5, 5.41) is 9.49. The topological polar surface area (TPSA) is 86.3 Å². The molecule has 0 radical (unpaired) electrons. The Balaban J connectivity index is 2.25. The molecule has 2 aromatic rings. The molecule has 0 aliphatic heterocycles. The highest BCUT2D eigenvalue weighted by Gasteiger charge is 2.15. The number of nitrogens with one attached hydrogen (secondary N) is 1. The Morgan fingerprint density at radius 1 is 1.48 bits per heavy atom. The molecule has 1 heterocycles. The summed E-state index contributed by atoms with van der Waals surface area (Å²) in [7, 11) is 1.81. The van der Waals surface area contributed by atoms with Crippen molar-refractivity contribution in [1.29, 1.82) is 0 Å². The summed E-state index contributed by atoms with van der Waals surface area (Å²) in [4.78, 5) is 32.0. The van der Waals surface area contributed by atoms with Gasteiger partial charge in [0.15, 0.2) is 0 Å². The van der Waals surface area contributed by atoms with E-state index in [1.165, 1.54) is 0 Å². The number of para-hydroxylation sites is 1. The fourth-order valence-electron chi connectivity index (χ4n) is 2.29. The molecule has 2 N–H and O–H groups in total. The van der Waals surface area contributed by atoms with Crippen molar-refractivity contribution in [3.8, 4) is 0 Å². The average molecular weight is 289 g/mol. The summed E-state index contributed by atoms with van der Waals surface area (Å²) in [6.45, 7) is 4.36. The number of carboxylic acids is 1. The van der Waals surface area contributed by atoms with Gasteiger partial charge in [-0.15, -0.1) is 0 Å². The first-order chi connectivity index (χ1) is 9.88. The Kier molecular flexibility index (Phi) is 4.37. The van der Waals surface area contributed by atoms with Crippen molar-refractivity contribution in [2.24, 2.45) is 5.92 Å². The van der Waals surface area contributed by atoms with E-state index < -0.39 is 11.9 Å². The summed E-state index contributed by atoms with van der Waals surface area (Å²) in [6.07, 6.45) is 0. The van der Waals surface area contributed by atoms with Crippen LogP contribution in [0.25, 0.3) is 10.9 Å². The van der Waals surface area contributed by atoms with Gasteiger partial charge in [-0.1, -0.05) is 19.1 Å². The van der Waals surface area contributed by atoms with E-state index in [1.807, 2.05) is 31.0 Å². The molecule has 0 aliphatic rings. The van der Waals surface area contributed by atoms with Crippen LogP contribution in [0.15, 0.2) is 23.0 Å². The number of rotatable bonds is 5. The van der Waals surface area contributed by atoms with Crippen LogP contribution in [-0.4, -0.2) is 39.5 Å². The third kappa shape index (κ3) is 3.46. The van der Waals surface area contributed by atoms with E-state index in [9.17, 15) is 9.59 Å². The zero-order chi connectivity index (χ0) is 15.6. The normalized spacial score (nSPS) is 12.8. The lowest BCUT2D eigenvalue weighted by Crippen LogP contribution is -2.29. The molecule has 0 spiro atoms. The summed E-state index contributed by atoms with van der Waals surface area (Å²) in [5.74, 6) is -0.761. The van der Waals surface area contributed by atoms with Crippen LogP contribution >= 0.6 is 0 Å². The van der Waals surface area contributed by atoms with Crippen LogP contribution in [-0.2, 0) is 11.3 Å². The Labute approximate surface area is 122 Å². The highest BCUT2D eigenvalue weighted by atomic mass is 16.4. The molecule has 0 fully saturated rings. The van der Waals surface area contributed by atoms with Gasteiger partial charge in [0.1, 0.15) is 5.82 Å². The number of aromatic nitrogens is 2. The van der Waals surface area contributed by atoms with E-state index in [4.69, 9.17) is 5.11 Å². The predicted molar refractivity (Wildman–Crippen MR) is 80.2 cm³/mol. The molecule has 1 atom stereocenters. The van der Waals surface area contributed by atoms with Crippen molar-refractivity contribution in [2.45, 2.75) is 20.4 Å². The number of hydrogen-bond donors (Lipinski definition) is 2. The van der Waals surface area contributed by atoms with Crippen LogP contribution in [0.2, 0.25) is 0 Å². The smallest absolute Gasteiger partial charge is 0.307 e. The van der Waals surface area contributed by atoms with Gasteiger partial charge in [-0.05, 0) is 25.6 Å². The van der Waals surface area contributed by atoms with Gasteiger partial charge < -0.3 is 10.1 Å². The Hall–Kier alpha value is -2.21. The summed E-state index contributed by atoms with van der Waals surface area (Å²) in [6, 6.07) is 5.48. The summed E-state index contributed by atoms with van der Waals surface area (Å²) in [5.41, 5.74) is 1.47. The van der Waals surface area contributed by atoms with Crippen molar-refractivity contribution in [3.63, 3.8) is 0 Å². The molecule has 1 unspecified atom stereocenters. The lowest BCUT2D eigenvalue weighted by molar-refractivity contribution is -0.141. The Morgan fingerprint density at radius 3 is 2.86 bits per heavy atom. The van der Waals surface area contributed by atoms with Crippen LogP contribution in [0.4, 0.5) is 0 Å². The molecule has 0 bridgehead atoms. The standard InChI is InChI=1S/C15H19N3O3/c1-9-5-4-6-11-13(9)16-12(17-14(11)19)8-18(3)7-10(2)15(20)21/h4-6,10H,7-8H2,1-3H3,(H,20,21)(H,16,17,19). The number of benzene rings is 1. The molecule has 0 saturated heterocycles. The highest BCUT2D eigenvalue weighted by Crippen LogP contribution is 2.12. The van der Waals surface area contributed by atoms with Gasteiger partial charge in [0.25, 0.3) is 5.56 Å². The zero-order valence-corrected chi connectivity index (χ0v) is 12.4. The molecule has 112 valence electrons. The first-order valence-corrected chi connectivity index (χ1v) is 6.78. The second-order valence-electron chi connectivity index (χ2n) is 5.42. The first kappa shape index (κ1) is 15.2. The van der Waals surface area contributed by atoms with Crippen LogP contribution in [0.1, 0.15) is 18.3 Å². The maximum absolute atomic E-state index is 12.1. The van der Waals surface area contributed by atoms with Crippen molar-refractivity contribution < 1.29 is 9.90 Å². The fourth-order valence-corrected chi connectivity index (χ4v) is 2.29. The largest absolute Gasteiger partial charge is 0.481 e. The number of carbonyl (C=O) groups is 1. The van der Waals surface area contributed by atoms with E-state index in [0.29, 0.717) is 29.8 Å². The van der Waals surface area contributed by atoms with Gasteiger partial charge in [-0.25, -0.2) is 4.98 Å². The third-order valence-electron chi connectivity index (χ3n) is 3.41. The minimum atomic E-state index is -0.836. The first-order valence-electron chi connectivity index (χ1n) is 6.78. The number of H-pyrrole nitrogens is 1. The third-order valence-corrected chi connectivity index (χ3v) is 3.41. The average Bonchev–Trinajstić information content (AvgIpc) is 2.39. The van der Waals surface area contributed by atoms with Crippen LogP contribution < -0.4 is 5.56 Å². The van der Waals surface area contributed by atoms with E-state index in [2.05, 4.69) is 9.97 Å². The Bertz CT molecular complexity index is 724. The van der Waals surface area contributed by atoms with Crippen molar-refractivity contribution in [1.82, 2.24) is 14.9 Å². The Morgan fingerprint density at radius 2 is 2.19 bits per heavy atom. The van der Waals surface area contributed by atoms with Gasteiger partial charge in [0.2, 0.25) is 0 Å². The number of fused-ring (bicyclic) bond motifs is 1. The van der Waals surface area contributed by atoms with Gasteiger partial charge in [0, 0.05) is 6.54 Å². The maximum atomic E-state index is 12.1. The molecule has 0 aliphatic carbocycles. The molecule has 1 aromatic heterocycles. The maximum Gasteiger partial charge on any atom is 0.307 e. The minimum Gasteiger partial charge on any atom is -0.481 e. The van der Waals surface area contributed by atoms with E-state index >= 15 is 0 Å². The quantitative estimate of drug-likeness (QED) is 0.868. The summed E-state index contributed by atoms with van der Waals surface area (Å²) >= 11 is 0. The molecule has 6 heteroatoms. The number of hydrogen-bond acceptors (Lipinski definition) is 4. The lowest BCUT2D eigenvalue weighted by atomic mass is 10.1. The van der Waals surface area contributed by atoms with Crippen molar-refractivity contribution in [3.05, 3.63) is 39.9 Å². The fraction of sp³-hybridized carbons (Fsp3) is 0.400. The van der Waals surface area contributed by atoms with Crippen molar-refractivity contribution >= 4 is 16.9 Å². The molecule has 21 heavy (non-hydrogen) atoms. The van der Waals surface area contributed by atoms with Crippen molar-refractivity contribution in [2.75, 3.05) is 13.6 Å². The molecular weight excluding hydrogens is 270 g/mol. The number of carboxylic acid groups (broad SMARTS) is 1. The number of aryl methyl sites for hydroxylation is 1. The van der Waals surface area contributed by atoms with Gasteiger partial charge in [-0.2, -0.15) is 0 Å².